The third kappa shape index (κ3) is 8.98. The summed E-state index contributed by atoms with van der Waals surface area (Å²) in [7, 11) is 0. The van der Waals surface area contributed by atoms with Gasteiger partial charge >= 0.3 is 0 Å². The van der Waals surface area contributed by atoms with E-state index in [0.29, 0.717) is 12.0 Å². The number of para-hydroxylation sites is 1. The van der Waals surface area contributed by atoms with Crippen LogP contribution in [0.3, 0.4) is 0 Å². The summed E-state index contributed by atoms with van der Waals surface area (Å²) in [6.45, 7) is 9.40. The Balaban J connectivity index is 0.00000320. The quantitative estimate of drug-likeness (QED) is 0.221. The maximum Gasteiger partial charge on any atom is 0.191 e. The summed E-state index contributed by atoms with van der Waals surface area (Å²) in [5.74, 6) is 1.61. The Hall–Kier alpha value is -1.06. The van der Waals surface area contributed by atoms with Gasteiger partial charge in [-0.25, -0.2) is 0 Å². The summed E-state index contributed by atoms with van der Waals surface area (Å²) in [5.41, 5.74) is 1.33. The van der Waals surface area contributed by atoms with E-state index in [0.717, 1.165) is 90.7 Å². The Morgan fingerprint density at radius 3 is 2.57 bits per heavy atom. The smallest absolute Gasteiger partial charge is 0.191 e. The molecule has 170 valence electrons. The lowest BCUT2D eigenvalue weighted by molar-refractivity contribution is 0.0205. The lowest BCUT2D eigenvalue weighted by Crippen LogP contribution is -2.48. The number of guanidine groups is 1. The number of anilines is 1. The fourth-order valence-corrected chi connectivity index (χ4v) is 3.95. The Morgan fingerprint density at radius 2 is 1.87 bits per heavy atom. The van der Waals surface area contributed by atoms with E-state index in [4.69, 9.17) is 14.5 Å². The molecule has 0 atom stereocenters. The summed E-state index contributed by atoms with van der Waals surface area (Å²) < 4.78 is 11.2. The minimum Gasteiger partial charge on any atom is -0.381 e. The van der Waals surface area contributed by atoms with Crippen LogP contribution in [0.5, 0.6) is 0 Å². The van der Waals surface area contributed by atoms with E-state index in [1.165, 1.54) is 5.69 Å². The van der Waals surface area contributed by atoms with Crippen molar-refractivity contribution in [2.24, 2.45) is 10.9 Å². The molecule has 2 aliphatic rings. The zero-order chi connectivity index (χ0) is 20.2. The van der Waals surface area contributed by atoms with Gasteiger partial charge in [-0.05, 0) is 57.1 Å². The molecule has 0 aliphatic carbocycles. The average Bonchev–Trinajstić information content (AvgIpc) is 2.78. The maximum absolute atomic E-state index is 5.85. The van der Waals surface area contributed by atoms with Gasteiger partial charge in [0, 0.05) is 64.3 Å². The largest absolute Gasteiger partial charge is 0.381 e. The first-order chi connectivity index (χ1) is 14.3. The Kier molecular flexibility index (Phi) is 12.5. The highest BCUT2D eigenvalue weighted by Gasteiger charge is 2.20. The SMILES string of the molecule is CCNC(=NCCCOCC1CCOCC1)NC1CCN(c2ccccc2)CC1.I. The van der Waals surface area contributed by atoms with Gasteiger partial charge in [0.25, 0.3) is 0 Å². The molecular formula is C23H39IN4O2. The van der Waals surface area contributed by atoms with E-state index in [2.05, 4.69) is 52.8 Å². The molecule has 30 heavy (non-hydrogen) atoms. The predicted octanol–water partition coefficient (Wildman–Crippen LogP) is 3.66. The van der Waals surface area contributed by atoms with Crippen LogP contribution in [0.2, 0.25) is 0 Å². The minimum absolute atomic E-state index is 0. The standard InChI is InChI=1S/C23H38N4O2.HI/c1-2-24-23(25-13-6-16-29-19-20-11-17-28-18-12-20)26-21-9-14-27(15-10-21)22-7-4-3-5-8-22;/h3-5,7-8,20-21H,2,6,9-19H2,1H3,(H2,24,25,26);1H. The molecule has 0 bridgehead atoms. The lowest BCUT2D eigenvalue weighted by atomic mass is 10.0. The van der Waals surface area contributed by atoms with E-state index in [-0.39, 0.29) is 24.0 Å². The fourth-order valence-electron chi connectivity index (χ4n) is 3.95. The molecule has 0 amide bonds. The third-order valence-corrected chi connectivity index (χ3v) is 5.71. The molecule has 0 saturated carbocycles. The van der Waals surface area contributed by atoms with Crippen LogP contribution >= 0.6 is 24.0 Å². The molecule has 0 radical (unpaired) electrons. The second-order valence-corrected chi connectivity index (χ2v) is 7.99. The van der Waals surface area contributed by atoms with E-state index >= 15 is 0 Å². The van der Waals surface area contributed by atoms with Crippen molar-refractivity contribution in [3.05, 3.63) is 30.3 Å². The topological polar surface area (TPSA) is 58.1 Å². The van der Waals surface area contributed by atoms with Crippen molar-refractivity contribution < 1.29 is 9.47 Å². The van der Waals surface area contributed by atoms with Gasteiger partial charge in [-0.2, -0.15) is 0 Å². The number of benzene rings is 1. The number of nitrogens with zero attached hydrogens (tertiary/aromatic N) is 2. The van der Waals surface area contributed by atoms with Crippen LogP contribution in [0.15, 0.2) is 35.3 Å². The van der Waals surface area contributed by atoms with Gasteiger partial charge in [0.2, 0.25) is 0 Å². The van der Waals surface area contributed by atoms with Crippen molar-refractivity contribution in [1.82, 2.24) is 10.6 Å². The molecule has 2 N–H and O–H groups in total. The number of hydrogen-bond acceptors (Lipinski definition) is 4. The molecule has 0 aromatic heterocycles. The Bertz CT molecular complexity index is 588. The highest BCUT2D eigenvalue weighted by Crippen LogP contribution is 2.19. The number of piperidine rings is 1. The van der Waals surface area contributed by atoms with Gasteiger partial charge in [0.15, 0.2) is 5.96 Å². The van der Waals surface area contributed by atoms with E-state index in [9.17, 15) is 0 Å². The van der Waals surface area contributed by atoms with Crippen LogP contribution in [0.1, 0.15) is 39.0 Å². The van der Waals surface area contributed by atoms with Gasteiger partial charge in [0.05, 0.1) is 0 Å². The molecule has 2 fully saturated rings. The third-order valence-electron chi connectivity index (χ3n) is 5.71. The Labute approximate surface area is 199 Å². The number of hydrogen-bond donors (Lipinski definition) is 2. The van der Waals surface area contributed by atoms with Gasteiger partial charge in [-0.1, -0.05) is 18.2 Å². The highest BCUT2D eigenvalue weighted by atomic mass is 127. The van der Waals surface area contributed by atoms with E-state index in [1.54, 1.807) is 0 Å². The molecule has 2 heterocycles. The fraction of sp³-hybridized carbons (Fsp3) is 0.696. The molecule has 0 unspecified atom stereocenters. The number of halogens is 1. The van der Waals surface area contributed by atoms with Crippen LogP contribution in [-0.4, -0.2) is 64.6 Å². The van der Waals surface area contributed by atoms with Gasteiger partial charge < -0.3 is 25.0 Å². The number of rotatable bonds is 9. The van der Waals surface area contributed by atoms with Gasteiger partial charge in [-0.3, -0.25) is 4.99 Å². The molecule has 6 nitrogen and oxygen atoms in total. The first kappa shape index (κ1) is 25.2. The monoisotopic (exact) mass is 530 g/mol. The second-order valence-electron chi connectivity index (χ2n) is 7.99. The number of nitrogens with one attached hydrogen (secondary N) is 2. The minimum atomic E-state index is 0. The zero-order valence-electron chi connectivity index (χ0n) is 18.4. The van der Waals surface area contributed by atoms with Crippen molar-refractivity contribution in [3.63, 3.8) is 0 Å². The van der Waals surface area contributed by atoms with Crippen molar-refractivity contribution in [1.29, 1.82) is 0 Å². The van der Waals surface area contributed by atoms with Crippen molar-refractivity contribution in [2.75, 3.05) is 57.5 Å². The van der Waals surface area contributed by atoms with E-state index < -0.39 is 0 Å². The molecule has 0 spiro atoms. The first-order valence-corrected chi connectivity index (χ1v) is 11.4. The summed E-state index contributed by atoms with van der Waals surface area (Å²) in [4.78, 5) is 7.22. The van der Waals surface area contributed by atoms with Crippen molar-refractivity contribution in [3.8, 4) is 0 Å². The highest BCUT2D eigenvalue weighted by molar-refractivity contribution is 14.0. The lowest BCUT2D eigenvalue weighted by Gasteiger charge is -2.34. The summed E-state index contributed by atoms with van der Waals surface area (Å²) in [6, 6.07) is 11.2. The average molecular weight is 530 g/mol. The molecule has 1 aromatic rings. The van der Waals surface area contributed by atoms with Crippen molar-refractivity contribution in [2.45, 2.75) is 45.1 Å². The van der Waals surface area contributed by atoms with Crippen LogP contribution in [-0.2, 0) is 9.47 Å². The van der Waals surface area contributed by atoms with Crippen LogP contribution in [0.4, 0.5) is 5.69 Å². The molecule has 2 saturated heterocycles. The summed E-state index contributed by atoms with van der Waals surface area (Å²) in [5, 5.41) is 7.01. The number of aliphatic imine (C=N–C) groups is 1. The maximum atomic E-state index is 5.85. The van der Waals surface area contributed by atoms with Gasteiger partial charge in [-0.15, -0.1) is 24.0 Å². The molecular weight excluding hydrogens is 491 g/mol. The Morgan fingerprint density at radius 1 is 1.13 bits per heavy atom. The zero-order valence-corrected chi connectivity index (χ0v) is 20.7. The second kappa shape index (κ2) is 14.9. The molecule has 3 rings (SSSR count). The van der Waals surface area contributed by atoms with Crippen LogP contribution < -0.4 is 15.5 Å². The van der Waals surface area contributed by atoms with Crippen LogP contribution in [0.25, 0.3) is 0 Å². The number of ether oxygens (including phenoxy) is 2. The van der Waals surface area contributed by atoms with Gasteiger partial charge in [0.1, 0.15) is 0 Å². The van der Waals surface area contributed by atoms with E-state index in [1.807, 2.05) is 0 Å². The molecule has 2 aliphatic heterocycles. The normalized spacial score (nSPS) is 18.7. The predicted molar refractivity (Wildman–Crippen MR) is 135 cm³/mol. The van der Waals surface area contributed by atoms with Crippen LogP contribution in [0, 0.1) is 5.92 Å². The summed E-state index contributed by atoms with van der Waals surface area (Å²) in [6.07, 6.45) is 5.50. The molecule has 1 aromatic carbocycles. The summed E-state index contributed by atoms with van der Waals surface area (Å²) >= 11 is 0. The van der Waals surface area contributed by atoms with Crippen molar-refractivity contribution >= 4 is 35.6 Å². The molecule has 7 heteroatoms. The first-order valence-electron chi connectivity index (χ1n) is 11.4.